The fourth-order valence-corrected chi connectivity index (χ4v) is 4.04. The largest absolute Gasteiger partial charge is 0.481 e. The lowest BCUT2D eigenvalue weighted by Gasteiger charge is -2.23. The second-order valence-electron chi connectivity index (χ2n) is 6.58. The van der Waals surface area contributed by atoms with Gasteiger partial charge < -0.3 is 14.5 Å². The predicted molar refractivity (Wildman–Crippen MR) is 79.9 cm³/mol. The molecule has 0 spiro atoms. The molecule has 7 nitrogen and oxygen atoms in total. The average molecular weight is 315 g/mol. The lowest BCUT2D eigenvalue weighted by molar-refractivity contribution is -0.149. The van der Waals surface area contributed by atoms with Crippen LogP contribution in [-0.2, 0) is 4.79 Å². The first-order valence-electron chi connectivity index (χ1n) is 7.76. The molecule has 2 aromatic rings. The van der Waals surface area contributed by atoms with Gasteiger partial charge in [-0.3, -0.25) is 9.59 Å². The Balaban J connectivity index is 1.64. The first-order chi connectivity index (χ1) is 11.0. The number of nitrogens with zero attached hydrogens (tertiary/aromatic N) is 3. The van der Waals surface area contributed by atoms with E-state index in [-0.39, 0.29) is 18.4 Å². The van der Waals surface area contributed by atoms with Crippen molar-refractivity contribution in [2.24, 2.45) is 11.3 Å². The molecule has 2 fully saturated rings. The molecule has 1 aliphatic carbocycles. The molecule has 1 aliphatic heterocycles. The van der Waals surface area contributed by atoms with Crippen LogP contribution in [0.4, 0.5) is 0 Å². The number of amides is 1. The third-order valence-corrected chi connectivity index (χ3v) is 5.34. The molecule has 0 radical (unpaired) electrons. The molecule has 1 N–H and O–H groups in total. The molecule has 120 valence electrons. The first kappa shape index (κ1) is 14.2. The van der Waals surface area contributed by atoms with Crippen LogP contribution in [0.5, 0.6) is 0 Å². The van der Waals surface area contributed by atoms with Crippen molar-refractivity contribution in [3.05, 3.63) is 23.5 Å². The Labute approximate surface area is 132 Å². The Morgan fingerprint density at radius 3 is 3.04 bits per heavy atom. The molecule has 1 saturated heterocycles. The molecule has 2 atom stereocenters. The minimum Gasteiger partial charge on any atom is -0.481 e. The monoisotopic (exact) mass is 315 g/mol. The number of fused-ring (bicyclic) bond motifs is 2. The quantitative estimate of drug-likeness (QED) is 0.908. The summed E-state index contributed by atoms with van der Waals surface area (Å²) in [5.74, 6) is -0.897. The van der Waals surface area contributed by atoms with Gasteiger partial charge in [-0.05, 0) is 31.7 Å². The Hall–Kier alpha value is -2.44. The maximum atomic E-state index is 12.8. The van der Waals surface area contributed by atoms with Crippen molar-refractivity contribution in [3.8, 4) is 0 Å². The summed E-state index contributed by atoms with van der Waals surface area (Å²) in [4.78, 5) is 30.3. The molecule has 3 heterocycles. The van der Waals surface area contributed by atoms with E-state index in [0.29, 0.717) is 35.3 Å². The summed E-state index contributed by atoms with van der Waals surface area (Å²) in [5.41, 5.74) is 0.770. The third kappa shape index (κ3) is 1.95. The van der Waals surface area contributed by atoms with Gasteiger partial charge in [-0.1, -0.05) is 11.6 Å². The second kappa shape index (κ2) is 4.78. The van der Waals surface area contributed by atoms with Crippen LogP contribution in [-0.4, -0.2) is 45.1 Å². The van der Waals surface area contributed by atoms with Gasteiger partial charge in [0.05, 0.1) is 22.1 Å². The summed E-state index contributed by atoms with van der Waals surface area (Å²) in [5, 5.41) is 14.2. The molecule has 0 unspecified atom stereocenters. The smallest absolute Gasteiger partial charge is 0.311 e. The number of rotatable bonds is 2. The lowest BCUT2D eigenvalue weighted by atomic mass is 9.81. The number of carbonyl (C=O) groups excluding carboxylic acids is 1. The minimum atomic E-state index is -0.779. The highest BCUT2D eigenvalue weighted by molar-refractivity contribution is 5.97. The normalized spacial score (nSPS) is 26.7. The fraction of sp³-hybridized carbons (Fsp3) is 0.500. The predicted octanol–water partition coefficient (Wildman–Crippen LogP) is 1.86. The third-order valence-electron chi connectivity index (χ3n) is 5.34. The highest BCUT2D eigenvalue weighted by atomic mass is 16.5. The van der Waals surface area contributed by atoms with Crippen molar-refractivity contribution in [1.82, 2.24) is 15.0 Å². The molecule has 4 rings (SSSR count). The van der Waals surface area contributed by atoms with E-state index in [1.54, 1.807) is 17.9 Å². The summed E-state index contributed by atoms with van der Waals surface area (Å²) in [6.45, 7) is 2.58. The average Bonchev–Trinajstić information content (AvgIpc) is 3.19. The molecule has 0 aromatic carbocycles. The van der Waals surface area contributed by atoms with Crippen LogP contribution < -0.4 is 0 Å². The van der Waals surface area contributed by atoms with E-state index in [1.165, 1.54) is 6.20 Å². The molecule has 23 heavy (non-hydrogen) atoms. The maximum Gasteiger partial charge on any atom is 0.311 e. The van der Waals surface area contributed by atoms with Gasteiger partial charge in [0.1, 0.15) is 0 Å². The van der Waals surface area contributed by atoms with E-state index in [9.17, 15) is 14.7 Å². The number of aryl methyl sites for hydroxylation is 1. The Morgan fingerprint density at radius 2 is 2.30 bits per heavy atom. The van der Waals surface area contributed by atoms with Crippen molar-refractivity contribution >= 4 is 23.0 Å². The number of carboxylic acids is 1. The van der Waals surface area contributed by atoms with E-state index in [0.717, 1.165) is 12.8 Å². The summed E-state index contributed by atoms with van der Waals surface area (Å²) >= 11 is 0. The molecule has 2 aromatic heterocycles. The molecule has 2 aliphatic rings. The summed E-state index contributed by atoms with van der Waals surface area (Å²) in [6.07, 6.45) is 3.92. The number of aromatic nitrogens is 2. The molecule has 1 amide bonds. The number of hydrogen-bond acceptors (Lipinski definition) is 5. The highest BCUT2D eigenvalue weighted by Crippen LogP contribution is 2.49. The van der Waals surface area contributed by atoms with E-state index >= 15 is 0 Å². The summed E-state index contributed by atoms with van der Waals surface area (Å²) in [7, 11) is 0. The van der Waals surface area contributed by atoms with Gasteiger partial charge in [-0.25, -0.2) is 4.98 Å². The van der Waals surface area contributed by atoms with E-state index < -0.39 is 11.4 Å². The van der Waals surface area contributed by atoms with Gasteiger partial charge in [-0.2, -0.15) is 0 Å². The zero-order valence-electron chi connectivity index (χ0n) is 12.8. The van der Waals surface area contributed by atoms with Gasteiger partial charge in [-0.15, -0.1) is 0 Å². The van der Waals surface area contributed by atoms with Crippen LogP contribution in [0.25, 0.3) is 11.1 Å². The zero-order valence-corrected chi connectivity index (χ0v) is 12.8. The van der Waals surface area contributed by atoms with Crippen molar-refractivity contribution in [2.45, 2.75) is 26.2 Å². The highest BCUT2D eigenvalue weighted by Gasteiger charge is 2.55. The van der Waals surface area contributed by atoms with Gasteiger partial charge >= 0.3 is 5.97 Å². The van der Waals surface area contributed by atoms with Gasteiger partial charge in [0, 0.05) is 19.3 Å². The van der Waals surface area contributed by atoms with Crippen molar-refractivity contribution in [1.29, 1.82) is 0 Å². The van der Waals surface area contributed by atoms with Crippen LogP contribution in [0.15, 0.2) is 16.8 Å². The minimum absolute atomic E-state index is 0.0537. The molecule has 1 saturated carbocycles. The second-order valence-corrected chi connectivity index (χ2v) is 6.58. The zero-order chi connectivity index (χ0) is 16.2. The van der Waals surface area contributed by atoms with E-state index in [2.05, 4.69) is 10.1 Å². The first-order valence-corrected chi connectivity index (χ1v) is 7.76. The molecular formula is C16H17N3O4. The maximum absolute atomic E-state index is 12.8. The SMILES string of the molecule is Cc1noc2ncc(C(=O)N3C[C@@H]4CCC[C@@]4(C(=O)O)C3)cc12. The number of pyridine rings is 1. The molecular weight excluding hydrogens is 298 g/mol. The van der Waals surface area contributed by atoms with Crippen LogP contribution in [0.3, 0.4) is 0 Å². The van der Waals surface area contributed by atoms with Gasteiger partial charge in [0.15, 0.2) is 0 Å². The number of carbonyl (C=O) groups is 2. The number of hydrogen-bond donors (Lipinski definition) is 1. The Kier molecular flexibility index (Phi) is 2.94. The van der Waals surface area contributed by atoms with E-state index in [1.807, 2.05) is 0 Å². The summed E-state index contributed by atoms with van der Waals surface area (Å²) < 4.78 is 5.05. The van der Waals surface area contributed by atoms with Gasteiger partial charge in [0.25, 0.3) is 11.6 Å². The fourth-order valence-electron chi connectivity index (χ4n) is 4.04. The van der Waals surface area contributed by atoms with Crippen molar-refractivity contribution < 1.29 is 19.2 Å². The number of likely N-dealkylation sites (tertiary alicyclic amines) is 1. The Bertz CT molecular complexity index is 815. The Morgan fingerprint density at radius 1 is 1.48 bits per heavy atom. The molecule has 7 heteroatoms. The van der Waals surface area contributed by atoms with Crippen LogP contribution in [0, 0.1) is 18.3 Å². The topological polar surface area (TPSA) is 96.5 Å². The number of aliphatic carboxylic acids is 1. The van der Waals surface area contributed by atoms with Crippen molar-refractivity contribution in [2.75, 3.05) is 13.1 Å². The van der Waals surface area contributed by atoms with Crippen LogP contribution in [0.2, 0.25) is 0 Å². The standard InChI is InChI=1S/C16H17N3O4/c1-9-12-5-10(6-17-13(12)23-18-9)14(20)19-7-11-3-2-4-16(11,8-19)15(21)22/h5-6,11H,2-4,7-8H2,1H3,(H,21,22)/t11-,16+/m0/s1. The lowest BCUT2D eigenvalue weighted by Crippen LogP contribution is -2.37. The van der Waals surface area contributed by atoms with Crippen molar-refractivity contribution in [3.63, 3.8) is 0 Å². The molecule has 0 bridgehead atoms. The van der Waals surface area contributed by atoms with E-state index in [4.69, 9.17) is 4.52 Å². The summed E-state index contributed by atoms with van der Waals surface area (Å²) in [6, 6.07) is 1.72. The van der Waals surface area contributed by atoms with Gasteiger partial charge in [0.2, 0.25) is 0 Å². The van der Waals surface area contributed by atoms with Crippen LogP contribution >= 0.6 is 0 Å². The number of carboxylic acid groups (broad SMARTS) is 1. The van der Waals surface area contributed by atoms with Crippen LogP contribution in [0.1, 0.15) is 35.3 Å².